The summed E-state index contributed by atoms with van der Waals surface area (Å²) < 4.78 is 0. The normalized spacial score (nSPS) is 12.9. The summed E-state index contributed by atoms with van der Waals surface area (Å²) in [4.78, 5) is 28.2. The van der Waals surface area contributed by atoms with Crippen LogP contribution in [0.1, 0.15) is 61.4 Å². The Balaban J connectivity index is 2.34. The fourth-order valence-electron chi connectivity index (χ4n) is 3.78. The van der Waals surface area contributed by atoms with Crippen LogP contribution in [0.25, 0.3) is 0 Å². The molecule has 0 fully saturated rings. The molecule has 1 N–H and O–H groups in total. The van der Waals surface area contributed by atoms with Crippen LogP contribution in [0.5, 0.6) is 0 Å². The van der Waals surface area contributed by atoms with Gasteiger partial charge in [0.15, 0.2) is 0 Å². The number of nitrogens with zero attached hydrogens (tertiary/aromatic N) is 1. The molecule has 2 rings (SSSR count). The standard InChI is InChI=1S/C26H36N2O2/c1-7-21(6)27-26(30)24(8-2)28(17-23-12-10-9-11-20(23)5)25(29)16-22-14-18(3)13-19(4)15-22/h9-15,21,24H,7-8,16-17H2,1-6H3,(H,27,30). The minimum absolute atomic E-state index is 0.0191. The van der Waals surface area contributed by atoms with Crippen LogP contribution in [-0.4, -0.2) is 28.8 Å². The van der Waals surface area contributed by atoms with Gasteiger partial charge in [-0.3, -0.25) is 9.59 Å². The lowest BCUT2D eigenvalue weighted by molar-refractivity contribution is -0.141. The molecule has 0 radical (unpaired) electrons. The molecule has 2 aromatic carbocycles. The maximum Gasteiger partial charge on any atom is 0.243 e. The maximum absolute atomic E-state index is 13.5. The highest BCUT2D eigenvalue weighted by molar-refractivity contribution is 5.88. The van der Waals surface area contributed by atoms with Gasteiger partial charge in [0.2, 0.25) is 11.8 Å². The lowest BCUT2D eigenvalue weighted by Crippen LogP contribution is -2.51. The molecular weight excluding hydrogens is 372 g/mol. The molecular formula is C26H36N2O2. The van der Waals surface area contributed by atoms with Crippen LogP contribution in [-0.2, 0) is 22.6 Å². The highest BCUT2D eigenvalue weighted by Gasteiger charge is 2.29. The number of amides is 2. The Hall–Kier alpha value is -2.62. The summed E-state index contributed by atoms with van der Waals surface area (Å²) in [5, 5.41) is 3.07. The van der Waals surface area contributed by atoms with Crippen molar-refractivity contribution in [3.63, 3.8) is 0 Å². The van der Waals surface area contributed by atoms with E-state index in [9.17, 15) is 9.59 Å². The first-order chi connectivity index (χ1) is 14.2. The van der Waals surface area contributed by atoms with Gasteiger partial charge in [-0.2, -0.15) is 0 Å². The van der Waals surface area contributed by atoms with Gasteiger partial charge in [-0.1, -0.05) is 67.4 Å². The molecule has 4 nitrogen and oxygen atoms in total. The highest BCUT2D eigenvalue weighted by atomic mass is 16.2. The van der Waals surface area contributed by atoms with Crippen LogP contribution in [0.2, 0.25) is 0 Å². The summed E-state index contributed by atoms with van der Waals surface area (Å²) in [6.07, 6.45) is 1.73. The fraction of sp³-hybridized carbons (Fsp3) is 0.462. The Morgan fingerprint density at radius 1 is 0.967 bits per heavy atom. The van der Waals surface area contributed by atoms with Crippen molar-refractivity contribution < 1.29 is 9.59 Å². The molecule has 2 aromatic rings. The van der Waals surface area contributed by atoms with E-state index in [-0.39, 0.29) is 17.9 Å². The zero-order valence-corrected chi connectivity index (χ0v) is 19.3. The summed E-state index contributed by atoms with van der Waals surface area (Å²) in [6.45, 7) is 12.6. The predicted molar refractivity (Wildman–Crippen MR) is 123 cm³/mol. The van der Waals surface area contributed by atoms with Crippen LogP contribution >= 0.6 is 0 Å². The molecule has 4 heteroatoms. The number of hydrogen-bond acceptors (Lipinski definition) is 2. The Morgan fingerprint density at radius 3 is 2.17 bits per heavy atom. The summed E-state index contributed by atoms with van der Waals surface area (Å²) in [5.41, 5.74) is 5.47. The third-order valence-electron chi connectivity index (χ3n) is 5.63. The molecule has 0 saturated carbocycles. The molecule has 0 saturated heterocycles. The molecule has 0 aromatic heterocycles. The van der Waals surface area contributed by atoms with E-state index >= 15 is 0 Å². The van der Waals surface area contributed by atoms with Gasteiger partial charge in [0.25, 0.3) is 0 Å². The second-order valence-corrected chi connectivity index (χ2v) is 8.36. The molecule has 0 aliphatic carbocycles. The number of hydrogen-bond donors (Lipinski definition) is 1. The van der Waals surface area contributed by atoms with E-state index in [1.165, 1.54) is 0 Å². The average Bonchev–Trinajstić information content (AvgIpc) is 2.68. The first-order valence-corrected chi connectivity index (χ1v) is 11.0. The molecule has 2 amide bonds. The van der Waals surface area contributed by atoms with Gasteiger partial charge >= 0.3 is 0 Å². The third kappa shape index (κ3) is 6.45. The summed E-state index contributed by atoms with van der Waals surface area (Å²) in [6, 6.07) is 13.9. The predicted octanol–water partition coefficient (Wildman–Crippen LogP) is 4.88. The van der Waals surface area contributed by atoms with E-state index in [1.807, 2.05) is 65.8 Å². The molecule has 30 heavy (non-hydrogen) atoms. The second-order valence-electron chi connectivity index (χ2n) is 8.36. The van der Waals surface area contributed by atoms with Crippen LogP contribution < -0.4 is 5.32 Å². The number of benzene rings is 2. The largest absolute Gasteiger partial charge is 0.352 e. The van der Waals surface area contributed by atoms with Gasteiger partial charge in [-0.15, -0.1) is 0 Å². The van der Waals surface area contributed by atoms with Gasteiger partial charge in [0.05, 0.1) is 6.42 Å². The lowest BCUT2D eigenvalue weighted by atomic mass is 10.0. The molecule has 0 aliphatic rings. The molecule has 2 unspecified atom stereocenters. The van der Waals surface area contributed by atoms with E-state index in [2.05, 4.69) is 23.5 Å². The van der Waals surface area contributed by atoms with Crippen molar-refractivity contribution in [1.29, 1.82) is 0 Å². The Labute approximate surface area is 181 Å². The first kappa shape index (κ1) is 23.7. The van der Waals surface area contributed by atoms with E-state index < -0.39 is 6.04 Å². The van der Waals surface area contributed by atoms with Gasteiger partial charge < -0.3 is 10.2 Å². The van der Waals surface area contributed by atoms with Crippen LogP contribution in [0.4, 0.5) is 0 Å². The Bertz CT molecular complexity index is 855. The molecule has 0 bridgehead atoms. The van der Waals surface area contributed by atoms with E-state index in [0.29, 0.717) is 19.4 Å². The number of rotatable bonds is 9. The van der Waals surface area contributed by atoms with Gasteiger partial charge in [-0.05, 0) is 57.2 Å². The topological polar surface area (TPSA) is 49.4 Å². The molecule has 0 heterocycles. The minimum atomic E-state index is -0.489. The van der Waals surface area contributed by atoms with Gasteiger partial charge in [-0.25, -0.2) is 0 Å². The van der Waals surface area contributed by atoms with E-state index in [0.717, 1.165) is 34.2 Å². The smallest absolute Gasteiger partial charge is 0.243 e. The summed E-state index contributed by atoms with van der Waals surface area (Å²) in [5.74, 6) is -0.0939. The fourth-order valence-corrected chi connectivity index (χ4v) is 3.78. The number of carbonyl (C=O) groups is 2. The average molecular weight is 409 g/mol. The van der Waals surface area contributed by atoms with Crippen LogP contribution in [0.3, 0.4) is 0 Å². The van der Waals surface area contributed by atoms with E-state index in [1.54, 1.807) is 4.90 Å². The summed E-state index contributed by atoms with van der Waals surface area (Å²) in [7, 11) is 0. The lowest BCUT2D eigenvalue weighted by Gasteiger charge is -2.32. The minimum Gasteiger partial charge on any atom is -0.352 e. The van der Waals surface area contributed by atoms with Crippen molar-refractivity contribution in [2.75, 3.05) is 0 Å². The monoisotopic (exact) mass is 408 g/mol. The number of nitrogens with one attached hydrogen (secondary N) is 1. The van der Waals surface area contributed by atoms with Gasteiger partial charge in [0, 0.05) is 12.6 Å². The Morgan fingerprint density at radius 2 is 1.60 bits per heavy atom. The van der Waals surface area contributed by atoms with Crippen molar-refractivity contribution in [2.45, 2.75) is 79.4 Å². The first-order valence-electron chi connectivity index (χ1n) is 11.0. The molecule has 2 atom stereocenters. The quantitative estimate of drug-likeness (QED) is 0.643. The number of carbonyl (C=O) groups excluding carboxylic acids is 2. The second kappa shape index (κ2) is 11.0. The van der Waals surface area contributed by atoms with Crippen molar-refractivity contribution in [1.82, 2.24) is 10.2 Å². The third-order valence-corrected chi connectivity index (χ3v) is 5.63. The Kier molecular flexibility index (Phi) is 8.64. The van der Waals surface area contributed by atoms with Crippen molar-refractivity contribution >= 4 is 11.8 Å². The van der Waals surface area contributed by atoms with Gasteiger partial charge in [0.1, 0.15) is 6.04 Å². The van der Waals surface area contributed by atoms with Crippen molar-refractivity contribution in [2.24, 2.45) is 0 Å². The molecule has 162 valence electrons. The van der Waals surface area contributed by atoms with Crippen molar-refractivity contribution in [3.8, 4) is 0 Å². The zero-order valence-electron chi connectivity index (χ0n) is 19.3. The SMILES string of the molecule is CCC(C)NC(=O)C(CC)N(Cc1ccccc1C)C(=O)Cc1cc(C)cc(C)c1. The maximum atomic E-state index is 13.5. The van der Waals surface area contributed by atoms with E-state index in [4.69, 9.17) is 0 Å². The molecule has 0 spiro atoms. The zero-order chi connectivity index (χ0) is 22.3. The number of aryl methyl sites for hydroxylation is 3. The van der Waals surface area contributed by atoms with Crippen LogP contribution in [0, 0.1) is 20.8 Å². The van der Waals surface area contributed by atoms with Crippen LogP contribution in [0.15, 0.2) is 42.5 Å². The summed E-state index contributed by atoms with van der Waals surface area (Å²) >= 11 is 0. The van der Waals surface area contributed by atoms with Crippen molar-refractivity contribution in [3.05, 3.63) is 70.3 Å². The molecule has 0 aliphatic heterocycles. The highest BCUT2D eigenvalue weighted by Crippen LogP contribution is 2.18.